The lowest BCUT2D eigenvalue weighted by Crippen LogP contribution is -2.42. The van der Waals surface area contributed by atoms with Crippen molar-refractivity contribution in [1.82, 2.24) is 0 Å². The summed E-state index contributed by atoms with van der Waals surface area (Å²) in [6, 6.07) is 6.70. The lowest BCUT2D eigenvalue weighted by atomic mass is 10.1. The van der Waals surface area contributed by atoms with Gasteiger partial charge in [-0.15, -0.1) is 0 Å². The first kappa shape index (κ1) is 17.5. The number of nitrogens with two attached hydrogens (primary N) is 1. The SMILES string of the molecule is CC(C)(C)[Si](C)(C)OC[C@@H](OC(N)=O)c1ccccc1O. The molecule has 0 aliphatic rings. The molecule has 1 aromatic rings. The summed E-state index contributed by atoms with van der Waals surface area (Å²) in [5.41, 5.74) is 5.61. The molecule has 1 amide bonds. The van der Waals surface area contributed by atoms with E-state index >= 15 is 0 Å². The van der Waals surface area contributed by atoms with Crippen molar-refractivity contribution in [3.63, 3.8) is 0 Å². The third-order valence-electron chi connectivity index (χ3n) is 3.94. The summed E-state index contributed by atoms with van der Waals surface area (Å²) in [6.45, 7) is 10.8. The highest BCUT2D eigenvalue weighted by Crippen LogP contribution is 2.38. The predicted molar refractivity (Wildman–Crippen MR) is 84.7 cm³/mol. The van der Waals surface area contributed by atoms with Gasteiger partial charge in [0.2, 0.25) is 0 Å². The van der Waals surface area contributed by atoms with Crippen LogP contribution in [-0.4, -0.2) is 26.1 Å². The van der Waals surface area contributed by atoms with Crippen molar-refractivity contribution in [2.75, 3.05) is 6.61 Å². The van der Waals surface area contributed by atoms with Crippen molar-refractivity contribution in [3.8, 4) is 5.75 Å². The number of ether oxygens (including phenoxy) is 1. The van der Waals surface area contributed by atoms with Gasteiger partial charge in [-0.25, -0.2) is 4.79 Å². The van der Waals surface area contributed by atoms with E-state index in [1.165, 1.54) is 0 Å². The minimum Gasteiger partial charge on any atom is -0.508 e. The first-order valence-electron chi connectivity index (χ1n) is 6.92. The molecular weight excluding hydrogens is 286 g/mol. The number of hydrogen-bond acceptors (Lipinski definition) is 4. The molecule has 0 unspecified atom stereocenters. The Balaban J connectivity index is 2.91. The van der Waals surface area contributed by atoms with Gasteiger partial charge < -0.3 is 20.0 Å². The molecule has 0 heterocycles. The highest BCUT2D eigenvalue weighted by atomic mass is 28.4. The highest BCUT2D eigenvalue weighted by Gasteiger charge is 2.38. The number of carbonyl (C=O) groups is 1. The van der Waals surface area contributed by atoms with Crippen molar-refractivity contribution >= 4 is 14.4 Å². The highest BCUT2D eigenvalue weighted by molar-refractivity contribution is 6.74. The molecule has 118 valence electrons. The zero-order valence-electron chi connectivity index (χ0n) is 13.3. The second kappa shape index (κ2) is 6.49. The summed E-state index contributed by atoms with van der Waals surface area (Å²) in [5, 5.41) is 9.95. The molecule has 0 aromatic heterocycles. The van der Waals surface area contributed by atoms with Crippen LogP contribution in [-0.2, 0) is 9.16 Å². The number of amides is 1. The Morgan fingerprint density at radius 1 is 1.33 bits per heavy atom. The Morgan fingerprint density at radius 3 is 2.38 bits per heavy atom. The van der Waals surface area contributed by atoms with Gasteiger partial charge in [-0.3, -0.25) is 0 Å². The first-order valence-corrected chi connectivity index (χ1v) is 9.83. The van der Waals surface area contributed by atoms with Crippen LogP contribution in [0.25, 0.3) is 0 Å². The van der Waals surface area contributed by atoms with Crippen molar-refractivity contribution in [1.29, 1.82) is 0 Å². The van der Waals surface area contributed by atoms with Gasteiger partial charge in [0.1, 0.15) is 5.75 Å². The molecular formula is C15H25NO4Si. The normalized spacial score (nSPS) is 13.8. The van der Waals surface area contributed by atoms with Crippen LogP contribution in [0.3, 0.4) is 0 Å². The van der Waals surface area contributed by atoms with E-state index in [9.17, 15) is 9.90 Å². The number of primary amides is 1. The second-order valence-corrected chi connectivity index (χ2v) is 11.4. The van der Waals surface area contributed by atoms with Crippen LogP contribution in [0, 0.1) is 0 Å². The maximum atomic E-state index is 11.1. The Hall–Kier alpha value is -1.53. The number of carbonyl (C=O) groups excluding carboxylic acids is 1. The standard InChI is InChI=1S/C15H25NO4Si/c1-15(2,3)21(4,5)19-10-13(20-14(16)18)11-8-6-7-9-12(11)17/h6-9,13,17H,10H2,1-5H3,(H2,16,18)/t13-/m1/s1. The average molecular weight is 311 g/mol. The third-order valence-corrected chi connectivity index (χ3v) is 8.44. The van der Waals surface area contributed by atoms with Crippen LogP contribution in [0.4, 0.5) is 4.79 Å². The van der Waals surface area contributed by atoms with Crippen molar-refractivity contribution in [2.24, 2.45) is 5.73 Å². The Labute approximate surface area is 127 Å². The van der Waals surface area contributed by atoms with Crippen LogP contribution in [0.2, 0.25) is 18.1 Å². The molecule has 1 rings (SSSR count). The molecule has 0 fully saturated rings. The quantitative estimate of drug-likeness (QED) is 0.815. The van der Waals surface area contributed by atoms with E-state index in [-0.39, 0.29) is 17.4 Å². The minimum atomic E-state index is -1.98. The van der Waals surface area contributed by atoms with Crippen molar-refractivity contribution in [2.45, 2.75) is 45.0 Å². The van der Waals surface area contributed by atoms with Gasteiger partial charge in [-0.2, -0.15) is 0 Å². The molecule has 1 atom stereocenters. The number of phenolic OH excluding ortho intramolecular Hbond substituents is 1. The maximum Gasteiger partial charge on any atom is 0.405 e. The Bertz CT molecular complexity index is 497. The molecule has 0 saturated heterocycles. The van der Waals surface area contributed by atoms with Crippen LogP contribution in [0.1, 0.15) is 32.4 Å². The monoisotopic (exact) mass is 311 g/mol. The summed E-state index contributed by atoms with van der Waals surface area (Å²) >= 11 is 0. The van der Waals surface area contributed by atoms with Gasteiger partial charge >= 0.3 is 6.09 Å². The van der Waals surface area contributed by atoms with Gasteiger partial charge in [-0.05, 0) is 24.2 Å². The third kappa shape index (κ3) is 4.75. The zero-order valence-corrected chi connectivity index (χ0v) is 14.3. The number of para-hydroxylation sites is 1. The van der Waals surface area contributed by atoms with E-state index in [0.29, 0.717) is 5.56 Å². The van der Waals surface area contributed by atoms with Gasteiger partial charge in [0.15, 0.2) is 14.4 Å². The van der Waals surface area contributed by atoms with Crippen LogP contribution < -0.4 is 5.73 Å². The molecule has 21 heavy (non-hydrogen) atoms. The molecule has 0 bridgehead atoms. The van der Waals surface area contributed by atoms with Gasteiger partial charge in [0.25, 0.3) is 0 Å². The average Bonchev–Trinajstić information content (AvgIpc) is 2.33. The van der Waals surface area contributed by atoms with Crippen LogP contribution in [0.5, 0.6) is 5.75 Å². The zero-order chi connectivity index (χ0) is 16.3. The van der Waals surface area contributed by atoms with E-state index in [2.05, 4.69) is 33.9 Å². The molecule has 6 heteroatoms. The maximum absolute atomic E-state index is 11.1. The molecule has 0 spiro atoms. The molecule has 0 saturated carbocycles. The van der Waals surface area contributed by atoms with E-state index in [1.54, 1.807) is 24.3 Å². The van der Waals surface area contributed by atoms with Gasteiger partial charge in [-0.1, -0.05) is 39.0 Å². The van der Waals surface area contributed by atoms with Crippen molar-refractivity contribution < 1.29 is 19.1 Å². The van der Waals surface area contributed by atoms with Gasteiger partial charge in [0.05, 0.1) is 6.61 Å². The summed E-state index contributed by atoms with van der Waals surface area (Å²) < 4.78 is 11.2. The fourth-order valence-corrected chi connectivity index (χ4v) is 2.59. The summed E-state index contributed by atoms with van der Waals surface area (Å²) in [4.78, 5) is 11.1. The van der Waals surface area contributed by atoms with E-state index < -0.39 is 20.5 Å². The fraction of sp³-hybridized carbons (Fsp3) is 0.533. The molecule has 0 radical (unpaired) electrons. The van der Waals surface area contributed by atoms with Crippen molar-refractivity contribution in [3.05, 3.63) is 29.8 Å². The number of phenols is 1. The number of benzene rings is 1. The molecule has 0 aliphatic heterocycles. The van der Waals surface area contributed by atoms with E-state index in [1.807, 2.05) is 0 Å². The predicted octanol–water partition coefficient (Wildman–Crippen LogP) is 3.55. The van der Waals surface area contributed by atoms with Crippen LogP contribution in [0.15, 0.2) is 24.3 Å². The van der Waals surface area contributed by atoms with Crippen LogP contribution >= 0.6 is 0 Å². The topological polar surface area (TPSA) is 81.8 Å². The number of rotatable bonds is 5. The largest absolute Gasteiger partial charge is 0.508 e. The van der Waals surface area contributed by atoms with Gasteiger partial charge in [0, 0.05) is 5.56 Å². The lowest BCUT2D eigenvalue weighted by Gasteiger charge is -2.37. The lowest BCUT2D eigenvalue weighted by molar-refractivity contribution is 0.0654. The Morgan fingerprint density at radius 2 is 1.90 bits per heavy atom. The summed E-state index contributed by atoms with van der Waals surface area (Å²) in [6.07, 6.45) is -1.60. The molecule has 0 aliphatic carbocycles. The van der Waals surface area contributed by atoms with E-state index in [4.69, 9.17) is 14.9 Å². The summed E-state index contributed by atoms with van der Waals surface area (Å²) in [7, 11) is -1.98. The molecule has 5 nitrogen and oxygen atoms in total. The number of aromatic hydroxyl groups is 1. The molecule has 1 aromatic carbocycles. The minimum absolute atomic E-state index is 0.0446. The first-order chi connectivity index (χ1) is 9.54. The Kier molecular flexibility index (Phi) is 5.41. The second-order valence-electron chi connectivity index (χ2n) is 6.56. The number of hydrogen-bond donors (Lipinski definition) is 2. The summed E-state index contributed by atoms with van der Waals surface area (Å²) in [5.74, 6) is 0.0579. The molecule has 3 N–H and O–H groups in total. The fourth-order valence-electron chi connectivity index (χ4n) is 1.59. The smallest absolute Gasteiger partial charge is 0.405 e. The van der Waals surface area contributed by atoms with E-state index in [0.717, 1.165) is 0 Å².